The van der Waals surface area contributed by atoms with Crippen molar-refractivity contribution >= 4 is 5.69 Å². The van der Waals surface area contributed by atoms with Crippen LogP contribution in [0.15, 0.2) is 78.9 Å². The Hall–Kier alpha value is -3.93. The van der Waals surface area contributed by atoms with Crippen LogP contribution in [0.3, 0.4) is 0 Å². The van der Waals surface area contributed by atoms with Crippen molar-refractivity contribution in [2.45, 2.75) is 6.92 Å². The molecular formula is C23H19N3O3. The van der Waals surface area contributed by atoms with E-state index in [1.807, 2.05) is 72.3 Å². The second-order valence-electron chi connectivity index (χ2n) is 6.56. The van der Waals surface area contributed by atoms with Gasteiger partial charge in [0.1, 0.15) is 5.75 Å². The molecule has 0 fully saturated rings. The van der Waals surface area contributed by atoms with Gasteiger partial charge in [0.05, 0.1) is 29.1 Å². The largest absolute Gasteiger partial charge is 0.496 e. The van der Waals surface area contributed by atoms with Crippen LogP contribution < -0.4 is 4.74 Å². The second-order valence-corrected chi connectivity index (χ2v) is 6.56. The third-order valence-corrected chi connectivity index (χ3v) is 4.77. The molecule has 6 nitrogen and oxygen atoms in total. The van der Waals surface area contributed by atoms with Crippen molar-refractivity contribution in [3.63, 3.8) is 0 Å². The highest BCUT2D eigenvalue weighted by Gasteiger charge is 2.23. The zero-order valence-corrected chi connectivity index (χ0v) is 16.1. The number of aromatic nitrogens is 2. The molecule has 0 aliphatic rings. The van der Waals surface area contributed by atoms with Crippen LogP contribution in [0.2, 0.25) is 0 Å². The molecule has 29 heavy (non-hydrogen) atoms. The van der Waals surface area contributed by atoms with Crippen LogP contribution in [0.1, 0.15) is 5.69 Å². The van der Waals surface area contributed by atoms with Crippen LogP contribution in [-0.4, -0.2) is 21.8 Å². The third-order valence-electron chi connectivity index (χ3n) is 4.77. The summed E-state index contributed by atoms with van der Waals surface area (Å²) in [5, 5.41) is 16.1. The average molecular weight is 385 g/mol. The lowest BCUT2D eigenvalue weighted by Gasteiger charge is -2.13. The summed E-state index contributed by atoms with van der Waals surface area (Å²) in [6, 6.07) is 24.1. The first-order valence-electron chi connectivity index (χ1n) is 9.13. The molecule has 0 bridgehead atoms. The first-order valence-corrected chi connectivity index (χ1v) is 9.13. The number of rotatable bonds is 5. The molecule has 0 unspecified atom stereocenters. The van der Waals surface area contributed by atoms with Crippen LogP contribution in [0, 0.1) is 17.0 Å². The SMILES string of the molecule is COc1ccccc1-c1c(C)nn(-c2ccccc2)c1-c1cccc([N+](=O)[O-])c1. The Balaban J connectivity index is 2.06. The summed E-state index contributed by atoms with van der Waals surface area (Å²) in [5.74, 6) is 0.717. The summed E-state index contributed by atoms with van der Waals surface area (Å²) in [5.41, 5.74) is 4.97. The van der Waals surface area contributed by atoms with E-state index in [9.17, 15) is 10.1 Å². The van der Waals surface area contributed by atoms with Crippen molar-refractivity contribution in [1.29, 1.82) is 0 Å². The zero-order chi connectivity index (χ0) is 20.4. The van der Waals surface area contributed by atoms with Gasteiger partial charge in [0.15, 0.2) is 0 Å². The van der Waals surface area contributed by atoms with Gasteiger partial charge < -0.3 is 4.74 Å². The van der Waals surface area contributed by atoms with Crippen LogP contribution in [0.25, 0.3) is 28.1 Å². The van der Waals surface area contributed by atoms with Crippen LogP contribution in [-0.2, 0) is 0 Å². The standard InChI is InChI=1S/C23H19N3O3/c1-16-22(20-13-6-7-14-21(20)29-2)23(17-9-8-12-19(15-17)26(27)28)25(24-16)18-10-4-3-5-11-18/h3-15H,1-2H3. The molecule has 1 heterocycles. The minimum atomic E-state index is -0.387. The number of non-ortho nitro benzene ring substituents is 1. The van der Waals surface area contributed by atoms with Gasteiger partial charge in [-0.1, -0.05) is 48.5 Å². The van der Waals surface area contributed by atoms with Gasteiger partial charge in [0.25, 0.3) is 5.69 Å². The number of methoxy groups -OCH3 is 1. The maximum absolute atomic E-state index is 11.4. The number of nitro groups is 1. The van der Waals surface area contributed by atoms with E-state index < -0.39 is 0 Å². The Bertz CT molecular complexity index is 1180. The van der Waals surface area contributed by atoms with E-state index in [-0.39, 0.29) is 10.6 Å². The predicted molar refractivity (Wildman–Crippen MR) is 112 cm³/mol. The lowest BCUT2D eigenvalue weighted by molar-refractivity contribution is -0.384. The highest BCUT2D eigenvalue weighted by Crippen LogP contribution is 2.41. The summed E-state index contributed by atoms with van der Waals surface area (Å²) in [4.78, 5) is 11.0. The lowest BCUT2D eigenvalue weighted by Crippen LogP contribution is -2.00. The zero-order valence-electron chi connectivity index (χ0n) is 16.1. The van der Waals surface area contributed by atoms with Gasteiger partial charge in [0.2, 0.25) is 0 Å². The molecule has 0 atom stereocenters. The van der Waals surface area contributed by atoms with Crippen molar-refractivity contribution in [3.05, 3.63) is 94.7 Å². The molecule has 3 aromatic carbocycles. The number of hydrogen-bond donors (Lipinski definition) is 0. The first-order chi connectivity index (χ1) is 14.1. The number of benzene rings is 3. The molecule has 0 saturated heterocycles. The van der Waals surface area contributed by atoms with Gasteiger partial charge in [-0.2, -0.15) is 5.10 Å². The topological polar surface area (TPSA) is 70.2 Å². The molecular weight excluding hydrogens is 366 g/mol. The maximum atomic E-state index is 11.4. The normalized spacial score (nSPS) is 10.7. The van der Waals surface area contributed by atoms with E-state index in [1.54, 1.807) is 19.2 Å². The van der Waals surface area contributed by atoms with Crippen molar-refractivity contribution in [2.24, 2.45) is 0 Å². The van der Waals surface area contributed by atoms with E-state index in [4.69, 9.17) is 9.84 Å². The molecule has 0 N–H and O–H groups in total. The Kier molecular flexibility index (Phi) is 4.83. The fraction of sp³-hybridized carbons (Fsp3) is 0.0870. The number of hydrogen-bond acceptors (Lipinski definition) is 4. The number of nitro benzene ring substituents is 1. The smallest absolute Gasteiger partial charge is 0.270 e. The molecule has 0 radical (unpaired) electrons. The third kappa shape index (κ3) is 3.36. The predicted octanol–water partition coefficient (Wildman–Crippen LogP) is 5.43. The van der Waals surface area contributed by atoms with E-state index in [2.05, 4.69) is 0 Å². The summed E-state index contributed by atoms with van der Waals surface area (Å²) < 4.78 is 7.41. The number of aryl methyl sites for hydroxylation is 1. The van der Waals surface area contributed by atoms with Crippen molar-refractivity contribution in [2.75, 3.05) is 7.11 Å². The maximum Gasteiger partial charge on any atom is 0.270 e. The molecule has 4 rings (SSSR count). The molecule has 4 aromatic rings. The Morgan fingerprint density at radius 3 is 2.41 bits per heavy atom. The number of para-hydroxylation sites is 2. The van der Waals surface area contributed by atoms with E-state index in [0.717, 1.165) is 34.0 Å². The number of ether oxygens (including phenoxy) is 1. The molecule has 0 amide bonds. The van der Waals surface area contributed by atoms with Crippen LogP contribution in [0.5, 0.6) is 5.75 Å². The highest BCUT2D eigenvalue weighted by molar-refractivity contribution is 5.87. The van der Waals surface area contributed by atoms with Crippen molar-refractivity contribution in [3.8, 4) is 33.8 Å². The quantitative estimate of drug-likeness (QED) is 0.339. The minimum absolute atomic E-state index is 0.0342. The minimum Gasteiger partial charge on any atom is -0.496 e. The van der Waals surface area contributed by atoms with Crippen LogP contribution >= 0.6 is 0 Å². The summed E-state index contributed by atoms with van der Waals surface area (Å²) in [7, 11) is 1.63. The van der Waals surface area contributed by atoms with Crippen molar-refractivity contribution < 1.29 is 9.66 Å². The first kappa shape index (κ1) is 18.4. The Labute approximate surface area is 168 Å². The summed E-state index contributed by atoms with van der Waals surface area (Å²) in [6.45, 7) is 1.93. The van der Waals surface area contributed by atoms with Crippen molar-refractivity contribution in [1.82, 2.24) is 9.78 Å². The number of nitrogens with zero attached hydrogens (tertiary/aromatic N) is 3. The Morgan fingerprint density at radius 2 is 1.69 bits per heavy atom. The highest BCUT2D eigenvalue weighted by atomic mass is 16.6. The lowest BCUT2D eigenvalue weighted by atomic mass is 9.98. The monoisotopic (exact) mass is 385 g/mol. The molecule has 1 aromatic heterocycles. The van der Waals surface area contributed by atoms with Gasteiger partial charge >= 0.3 is 0 Å². The van der Waals surface area contributed by atoms with Gasteiger partial charge in [-0.3, -0.25) is 10.1 Å². The Morgan fingerprint density at radius 1 is 0.966 bits per heavy atom. The molecule has 6 heteroatoms. The van der Waals surface area contributed by atoms with Crippen LogP contribution in [0.4, 0.5) is 5.69 Å². The molecule has 144 valence electrons. The molecule has 0 aliphatic carbocycles. The van der Waals surface area contributed by atoms with Gasteiger partial charge in [-0.15, -0.1) is 0 Å². The summed E-state index contributed by atoms with van der Waals surface area (Å²) >= 11 is 0. The van der Waals surface area contributed by atoms with E-state index in [0.29, 0.717) is 5.56 Å². The van der Waals surface area contributed by atoms with Gasteiger partial charge in [-0.25, -0.2) is 4.68 Å². The van der Waals surface area contributed by atoms with E-state index >= 15 is 0 Å². The molecule has 0 saturated carbocycles. The second kappa shape index (κ2) is 7.59. The van der Waals surface area contributed by atoms with Gasteiger partial charge in [0, 0.05) is 28.8 Å². The fourth-order valence-corrected chi connectivity index (χ4v) is 3.49. The summed E-state index contributed by atoms with van der Waals surface area (Å²) in [6.07, 6.45) is 0. The fourth-order valence-electron chi connectivity index (χ4n) is 3.49. The van der Waals surface area contributed by atoms with Gasteiger partial charge in [-0.05, 0) is 25.1 Å². The van der Waals surface area contributed by atoms with E-state index in [1.165, 1.54) is 6.07 Å². The molecule has 0 aliphatic heterocycles. The molecule has 0 spiro atoms. The average Bonchev–Trinajstić information content (AvgIpc) is 3.11.